The van der Waals surface area contributed by atoms with E-state index in [1.807, 2.05) is 24.3 Å². The second kappa shape index (κ2) is 3.70. The molecule has 0 spiro atoms. The predicted molar refractivity (Wildman–Crippen MR) is 59.3 cm³/mol. The molecule has 0 atom stereocenters. The van der Waals surface area contributed by atoms with Gasteiger partial charge in [0.2, 0.25) is 10.3 Å². The van der Waals surface area contributed by atoms with Crippen LogP contribution in [-0.4, -0.2) is 23.3 Å². The quantitative estimate of drug-likeness (QED) is 0.469. The second-order valence-electron chi connectivity index (χ2n) is 2.91. The average Bonchev–Trinajstić information content (AvgIpc) is 2.61. The molecule has 1 heterocycles. The van der Waals surface area contributed by atoms with Gasteiger partial charge in [-0.25, -0.2) is 4.98 Å². The van der Waals surface area contributed by atoms with E-state index < -0.39 is 10.3 Å². The summed E-state index contributed by atoms with van der Waals surface area (Å²) in [7, 11) is -2.33. The van der Waals surface area contributed by atoms with E-state index in [4.69, 9.17) is 0 Å². The number of nitrogens with one attached hydrogen (secondary N) is 1. The molecular weight excluding hydrogens is 212 g/mol. The normalized spacial score (nSPS) is 10.1. The largest absolute Gasteiger partial charge is 0.337 e. The molecule has 0 aliphatic carbocycles. The Morgan fingerprint density at radius 1 is 1.40 bits per heavy atom. The van der Waals surface area contributed by atoms with Crippen LogP contribution in [0.1, 0.15) is 5.82 Å². The molecule has 2 rings (SSSR count). The van der Waals surface area contributed by atoms with Gasteiger partial charge in [-0.15, -0.1) is 0 Å². The number of imidazole rings is 1. The van der Waals surface area contributed by atoms with Gasteiger partial charge < -0.3 is 4.98 Å². The lowest BCUT2D eigenvalue weighted by Crippen LogP contribution is -1.99. The second-order valence-corrected chi connectivity index (χ2v) is 3.81. The van der Waals surface area contributed by atoms with Crippen molar-refractivity contribution in [2.75, 3.05) is 0 Å². The topological polar surface area (TPSA) is 62.8 Å². The summed E-state index contributed by atoms with van der Waals surface area (Å²) >= 11 is 0. The van der Waals surface area contributed by atoms with Gasteiger partial charge >= 0.3 is 0 Å². The number of rotatable bonds is 2. The molecule has 0 radical (unpaired) electrons. The van der Waals surface area contributed by atoms with Crippen molar-refractivity contribution in [3.63, 3.8) is 0 Å². The van der Waals surface area contributed by atoms with Gasteiger partial charge in [-0.3, -0.25) is 0 Å². The third-order valence-electron chi connectivity index (χ3n) is 1.99. The monoisotopic (exact) mass is 220 g/mol. The van der Waals surface area contributed by atoms with Crippen LogP contribution in [-0.2, 0) is 10.3 Å². The van der Waals surface area contributed by atoms with E-state index in [9.17, 15) is 8.42 Å². The Bertz CT molecular complexity index is 612. The molecule has 76 valence electrons. The first kappa shape index (κ1) is 9.67. The summed E-state index contributed by atoms with van der Waals surface area (Å²) in [4.78, 5) is 7.14. The number of hydrogen-bond acceptors (Lipinski definition) is 3. The molecule has 0 fully saturated rings. The number of hydrogen-bond donors (Lipinski definition) is 1. The van der Waals surface area contributed by atoms with Crippen molar-refractivity contribution in [2.45, 2.75) is 0 Å². The smallest absolute Gasteiger partial charge is 0.225 e. The number of H-pyrrole nitrogens is 1. The highest BCUT2D eigenvalue weighted by atomic mass is 32.2. The van der Waals surface area contributed by atoms with Crippen LogP contribution in [0.3, 0.4) is 0 Å². The minimum absolute atomic E-state index is 0.0752. The molecule has 0 bridgehead atoms. The zero-order chi connectivity index (χ0) is 10.8. The number of para-hydroxylation sites is 2. The van der Waals surface area contributed by atoms with Crippen LogP contribution in [0, 0.1) is 0 Å². The maximum absolute atomic E-state index is 10.8. The van der Waals surface area contributed by atoms with E-state index in [0.717, 1.165) is 11.0 Å². The molecule has 2 aromatic rings. The molecule has 0 saturated heterocycles. The summed E-state index contributed by atoms with van der Waals surface area (Å²) in [5, 5.41) is 0. The fourth-order valence-electron chi connectivity index (χ4n) is 1.31. The van der Waals surface area contributed by atoms with Crippen molar-refractivity contribution in [1.82, 2.24) is 9.97 Å². The van der Waals surface area contributed by atoms with Gasteiger partial charge in [0, 0.05) is 0 Å². The maximum Gasteiger partial charge on any atom is 0.225 e. The van der Waals surface area contributed by atoms with Crippen LogP contribution in [0.15, 0.2) is 36.9 Å². The van der Waals surface area contributed by atoms with Crippen LogP contribution in [0.5, 0.6) is 0 Å². The van der Waals surface area contributed by atoms with Crippen LogP contribution < -0.4 is 0 Å². The highest BCUT2D eigenvalue weighted by Crippen LogP contribution is 2.10. The lowest BCUT2D eigenvalue weighted by Gasteiger charge is -1.86. The number of aromatic amines is 1. The van der Waals surface area contributed by atoms with Crippen LogP contribution in [0.25, 0.3) is 11.0 Å². The minimum Gasteiger partial charge on any atom is -0.337 e. The zero-order valence-electron chi connectivity index (χ0n) is 7.77. The molecular formula is C10H8N2O2S. The number of nitrogens with zero attached hydrogens (tertiary/aromatic N) is 1. The molecule has 0 aliphatic rings. The number of fused-ring (bicyclic) bond motifs is 1. The van der Waals surface area contributed by atoms with Crippen molar-refractivity contribution in [3.05, 3.63) is 42.7 Å². The number of aromatic nitrogens is 2. The molecule has 1 N–H and O–H groups in total. The Morgan fingerprint density at radius 3 is 2.73 bits per heavy atom. The maximum atomic E-state index is 10.8. The van der Waals surface area contributed by atoms with Crippen molar-refractivity contribution >= 4 is 26.2 Å². The molecule has 0 amide bonds. The first-order valence-corrected chi connectivity index (χ1v) is 5.33. The first-order valence-electron chi connectivity index (χ1n) is 4.26. The molecule has 1 aromatic heterocycles. The van der Waals surface area contributed by atoms with Crippen molar-refractivity contribution in [2.24, 2.45) is 0 Å². The predicted octanol–water partition coefficient (Wildman–Crippen LogP) is 1.15. The van der Waals surface area contributed by atoms with E-state index in [1.165, 1.54) is 6.08 Å². The Morgan fingerprint density at radius 2 is 2.13 bits per heavy atom. The molecule has 1 aromatic carbocycles. The van der Waals surface area contributed by atoms with Crippen molar-refractivity contribution in [1.29, 1.82) is 0 Å². The highest BCUT2D eigenvalue weighted by Gasteiger charge is 2.06. The van der Waals surface area contributed by atoms with E-state index in [1.54, 1.807) is 0 Å². The lowest BCUT2D eigenvalue weighted by molar-refractivity contribution is 0.627. The highest BCUT2D eigenvalue weighted by molar-refractivity contribution is 7.73. The molecule has 0 unspecified atom stereocenters. The van der Waals surface area contributed by atoms with Gasteiger partial charge in [0.25, 0.3) is 0 Å². The first-order chi connectivity index (χ1) is 7.22. The van der Waals surface area contributed by atoms with Gasteiger partial charge in [0.05, 0.1) is 11.0 Å². The average molecular weight is 220 g/mol. The summed E-state index contributed by atoms with van der Waals surface area (Å²) in [6.45, 7) is 3.44. The van der Waals surface area contributed by atoms with Gasteiger partial charge in [-0.1, -0.05) is 18.7 Å². The SMILES string of the molecule is C=CC(c1nc2ccccc2[nH]1)=S(=O)=O. The summed E-state index contributed by atoms with van der Waals surface area (Å²) in [5.74, 6) is 0.319. The Hall–Kier alpha value is -1.88. The minimum atomic E-state index is -2.33. The molecule has 0 aliphatic heterocycles. The van der Waals surface area contributed by atoms with Crippen LogP contribution in [0.2, 0.25) is 0 Å². The Kier molecular flexibility index (Phi) is 2.39. The fourth-order valence-corrected chi connectivity index (χ4v) is 1.70. The number of benzene rings is 1. The van der Waals surface area contributed by atoms with Gasteiger partial charge in [0.1, 0.15) is 4.86 Å². The summed E-state index contributed by atoms with van der Waals surface area (Å²) in [6, 6.07) is 7.34. The summed E-state index contributed by atoms with van der Waals surface area (Å²) < 4.78 is 21.7. The van der Waals surface area contributed by atoms with Gasteiger partial charge in [-0.05, 0) is 18.2 Å². The standard InChI is InChI=1S/C10H8N2O2S/c1-2-9(15(13)14)10-11-7-5-3-4-6-8(7)12-10/h2-6H,1H2,(H,11,12). The molecule has 0 saturated carbocycles. The van der Waals surface area contributed by atoms with Gasteiger partial charge in [0.15, 0.2) is 5.82 Å². The van der Waals surface area contributed by atoms with E-state index in [2.05, 4.69) is 16.5 Å². The third kappa shape index (κ3) is 1.69. The van der Waals surface area contributed by atoms with E-state index >= 15 is 0 Å². The molecule has 4 nitrogen and oxygen atoms in total. The summed E-state index contributed by atoms with van der Waals surface area (Å²) in [5.41, 5.74) is 1.54. The van der Waals surface area contributed by atoms with Crippen molar-refractivity contribution < 1.29 is 8.42 Å². The van der Waals surface area contributed by atoms with Gasteiger partial charge in [-0.2, -0.15) is 8.42 Å². The van der Waals surface area contributed by atoms with E-state index in [0.29, 0.717) is 5.82 Å². The Labute approximate surface area is 87.8 Å². The van der Waals surface area contributed by atoms with Crippen LogP contribution in [0.4, 0.5) is 0 Å². The fraction of sp³-hybridized carbons (Fsp3) is 0. The Balaban J connectivity index is 2.74. The third-order valence-corrected chi connectivity index (χ3v) is 2.71. The molecule has 15 heavy (non-hydrogen) atoms. The lowest BCUT2D eigenvalue weighted by atomic mass is 10.3. The van der Waals surface area contributed by atoms with E-state index in [-0.39, 0.29) is 4.86 Å². The zero-order valence-corrected chi connectivity index (χ0v) is 8.58. The van der Waals surface area contributed by atoms with Crippen LogP contribution >= 0.6 is 0 Å². The molecule has 5 heteroatoms. The summed E-state index contributed by atoms with van der Waals surface area (Å²) in [6.07, 6.45) is 1.26. The van der Waals surface area contributed by atoms with Crippen molar-refractivity contribution in [3.8, 4) is 0 Å². The number of allylic oxidation sites excluding steroid dienone is 1.